The minimum atomic E-state index is 0.725. The molecule has 2 saturated carbocycles. The van der Waals surface area contributed by atoms with Crippen LogP contribution in [0, 0.1) is 5.92 Å². The number of fused-ring (bicyclic) bond motifs is 1. The zero-order valence-electron chi connectivity index (χ0n) is 11.2. The highest BCUT2D eigenvalue weighted by Gasteiger charge is 2.33. The Morgan fingerprint density at radius 1 is 1.11 bits per heavy atom. The van der Waals surface area contributed by atoms with Gasteiger partial charge in [-0.15, -0.1) is 0 Å². The average Bonchev–Trinajstić information content (AvgIpc) is 3.22. The Morgan fingerprint density at radius 3 is 2.79 bits per heavy atom. The number of hydrogen-bond acceptors (Lipinski definition) is 2. The molecule has 1 aromatic carbocycles. The van der Waals surface area contributed by atoms with Gasteiger partial charge in [-0.25, -0.2) is 0 Å². The first-order valence-electron chi connectivity index (χ1n) is 7.48. The zero-order valence-corrected chi connectivity index (χ0v) is 11.2. The van der Waals surface area contributed by atoms with Gasteiger partial charge < -0.3 is 5.32 Å². The van der Waals surface area contributed by atoms with Crippen LogP contribution in [0.5, 0.6) is 0 Å². The molecule has 0 amide bonds. The molecule has 2 unspecified atom stereocenters. The van der Waals surface area contributed by atoms with E-state index < -0.39 is 0 Å². The molecule has 2 nitrogen and oxygen atoms in total. The van der Waals surface area contributed by atoms with Crippen LogP contribution in [0.25, 0.3) is 10.9 Å². The van der Waals surface area contributed by atoms with E-state index in [9.17, 15) is 0 Å². The maximum absolute atomic E-state index is 4.61. The Hall–Kier alpha value is -1.41. The van der Waals surface area contributed by atoms with Crippen LogP contribution in [0.3, 0.4) is 0 Å². The highest BCUT2D eigenvalue weighted by molar-refractivity contribution is 5.78. The number of benzene rings is 1. The Labute approximate surface area is 114 Å². The summed E-state index contributed by atoms with van der Waals surface area (Å²) in [6.07, 6.45) is 7.56. The van der Waals surface area contributed by atoms with Gasteiger partial charge in [0.05, 0.1) is 5.52 Å². The SMILES string of the molecule is c1ccc2ncc(C3CCC3CNC3CC3)cc2c1. The summed E-state index contributed by atoms with van der Waals surface area (Å²) < 4.78 is 0. The third-order valence-corrected chi connectivity index (χ3v) is 4.70. The van der Waals surface area contributed by atoms with Gasteiger partial charge in [0, 0.05) is 17.6 Å². The number of pyridine rings is 1. The normalized spacial score (nSPS) is 26.3. The number of nitrogens with zero attached hydrogens (tertiary/aromatic N) is 1. The average molecular weight is 252 g/mol. The second-order valence-electron chi connectivity index (χ2n) is 6.09. The van der Waals surface area contributed by atoms with Crippen LogP contribution in [-0.4, -0.2) is 17.6 Å². The van der Waals surface area contributed by atoms with Crippen molar-refractivity contribution in [1.82, 2.24) is 10.3 Å². The molecule has 2 atom stereocenters. The summed E-state index contributed by atoms with van der Waals surface area (Å²) in [6, 6.07) is 11.6. The largest absolute Gasteiger partial charge is 0.314 e. The van der Waals surface area contributed by atoms with Crippen molar-refractivity contribution >= 4 is 10.9 Å². The van der Waals surface area contributed by atoms with Crippen LogP contribution in [0.15, 0.2) is 36.5 Å². The van der Waals surface area contributed by atoms with E-state index in [4.69, 9.17) is 0 Å². The minimum Gasteiger partial charge on any atom is -0.314 e. The Morgan fingerprint density at radius 2 is 2.00 bits per heavy atom. The first-order chi connectivity index (χ1) is 9.40. The monoisotopic (exact) mass is 252 g/mol. The van der Waals surface area contributed by atoms with Crippen molar-refractivity contribution in [2.45, 2.75) is 37.6 Å². The van der Waals surface area contributed by atoms with Gasteiger partial charge in [0.2, 0.25) is 0 Å². The lowest BCUT2D eigenvalue weighted by molar-refractivity contribution is 0.245. The maximum Gasteiger partial charge on any atom is 0.0702 e. The third-order valence-electron chi connectivity index (χ3n) is 4.70. The van der Waals surface area contributed by atoms with E-state index in [0.717, 1.165) is 23.4 Å². The molecule has 1 aromatic heterocycles. The number of rotatable bonds is 4. The van der Waals surface area contributed by atoms with Crippen molar-refractivity contribution in [3.05, 3.63) is 42.1 Å². The highest BCUT2D eigenvalue weighted by Crippen LogP contribution is 2.42. The van der Waals surface area contributed by atoms with E-state index >= 15 is 0 Å². The number of nitrogens with one attached hydrogen (secondary N) is 1. The molecule has 4 rings (SSSR count). The summed E-state index contributed by atoms with van der Waals surface area (Å²) in [4.78, 5) is 4.61. The van der Waals surface area contributed by atoms with Gasteiger partial charge in [0.1, 0.15) is 0 Å². The van der Waals surface area contributed by atoms with Crippen molar-refractivity contribution in [2.75, 3.05) is 6.54 Å². The highest BCUT2D eigenvalue weighted by atomic mass is 14.9. The van der Waals surface area contributed by atoms with Crippen LogP contribution in [0.2, 0.25) is 0 Å². The molecule has 1 heterocycles. The van der Waals surface area contributed by atoms with Gasteiger partial charge >= 0.3 is 0 Å². The van der Waals surface area contributed by atoms with E-state index in [1.165, 1.54) is 43.2 Å². The van der Waals surface area contributed by atoms with Gasteiger partial charge in [-0.05, 0) is 61.8 Å². The maximum atomic E-state index is 4.61. The van der Waals surface area contributed by atoms with Gasteiger partial charge in [0.25, 0.3) is 0 Å². The lowest BCUT2D eigenvalue weighted by atomic mass is 9.70. The summed E-state index contributed by atoms with van der Waals surface area (Å²) in [6.45, 7) is 1.20. The van der Waals surface area contributed by atoms with E-state index in [-0.39, 0.29) is 0 Å². The molecule has 2 aliphatic carbocycles. The Bertz CT molecular complexity index is 589. The first-order valence-corrected chi connectivity index (χ1v) is 7.48. The summed E-state index contributed by atoms with van der Waals surface area (Å²) in [7, 11) is 0. The molecule has 0 saturated heterocycles. The van der Waals surface area contributed by atoms with Crippen LogP contribution >= 0.6 is 0 Å². The fourth-order valence-electron chi connectivity index (χ4n) is 3.15. The fourth-order valence-corrected chi connectivity index (χ4v) is 3.15. The smallest absolute Gasteiger partial charge is 0.0702 e. The molecule has 1 N–H and O–H groups in total. The second-order valence-corrected chi connectivity index (χ2v) is 6.09. The molecule has 0 bridgehead atoms. The lowest BCUT2D eigenvalue weighted by Crippen LogP contribution is -2.34. The first kappa shape index (κ1) is 11.4. The van der Waals surface area contributed by atoms with Crippen molar-refractivity contribution < 1.29 is 0 Å². The number of hydrogen-bond donors (Lipinski definition) is 1. The quantitative estimate of drug-likeness (QED) is 0.901. The molecular weight excluding hydrogens is 232 g/mol. The molecular formula is C17H20N2. The lowest BCUT2D eigenvalue weighted by Gasteiger charge is -2.37. The molecule has 2 fully saturated rings. The number of aromatic nitrogens is 1. The van der Waals surface area contributed by atoms with E-state index in [0.29, 0.717) is 0 Å². The molecule has 2 aliphatic rings. The zero-order chi connectivity index (χ0) is 12.7. The Balaban J connectivity index is 1.52. The van der Waals surface area contributed by atoms with Crippen molar-refractivity contribution in [2.24, 2.45) is 5.92 Å². The predicted octanol–water partition coefficient (Wildman–Crippen LogP) is 3.48. The molecule has 0 aliphatic heterocycles. The van der Waals surface area contributed by atoms with Crippen molar-refractivity contribution in [3.63, 3.8) is 0 Å². The molecule has 2 aromatic rings. The van der Waals surface area contributed by atoms with Crippen molar-refractivity contribution in [3.8, 4) is 0 Å². The summed E-state index contributed by atoms with van der Waals surface area (Å²) in [5, 5.41) is 4.95. The van der Waals surface area contributed by atoms with Crippen LogP contribution in [-0.2, 0) is 0 Å². The summed E-state index contributed by atoms with van der Waals surface area (Å²) in [5.74, 6) is 1.55. The Kier molecular flexibility index (Phi) is 2.77. The third kappa shape index (κ3) is 2.25. The van der Waals surface area contributed by atoms with Gasteiger partial charge in [-0.2, -0.15) is 0 Å². The second kappa shape index (κ2) is 4.61. The fraction of sp³-hybridized carbons (Fsp3) is 0.471. The van der Waals surface area contributed by atoms with E-state index in [1.807, 2.05) is 0 Å². The predicted molar refractivity (Wildman–Crippen MR) is 78.2 cm³/mol. The van der Waals surface area contributed by atoms with Gasteiger partial charge in [-0.1, -0.05) is 18.2 Å². The molecule has 0 spiro atoms. The molecule has 19 heavy (non-hydrogen) atoms. The molecule has 98 valence electrons. The molecule has 0 radical (unpaired) electrons. The van der Waals surface area contributed by atoms with E-state index in [1.54, 1.807) is 0 Å². The topological polar surface area (TPSA) is 24.9 Å². The van der Waals surface area contributed by atoms with Crippen LogP contribution in [0.1, 0.15) is 37.2 Å². The number of para-hydroxylation sites is 1. The van der Waals surface area contributed by atoms with Gasteiger partial charge in [0.15, 0.2) is 0 Å². The summed E-state index contributed by atoms with van der Waals surface area (Å²) in [5.41, 5.74) is 2.55. The summed E-state index contributed by atoms with van der Waals surface area (Å²) >= 11 is 0. The molecule has 2 heteroatoms. The van der Waals surface area contributed by atoms with Gasteiger partial charge in [-0.3, -0.25) is 4.98 Å². The van der Waals surface area contributed by atoms with Crippen molar-refractivity contribution in [1.29, 1.82) is 0 Å². The standard InChI is InChI=1S/C17H20N2/c1-2-4-17-12(3-1)9-14(11-19-17)16-8-5-13(16)10-18-15-6-7-15/h1-4,9,11,13,15-16,18H,5-8,10H2. The minimum absolute atomic E-state index is 0.725. The van der Waals surface area contributed by atoms with E-state index in [2.05, 4.69) is 46.8 Å². The van der Waals surface area contributed by atoms with Crippen LogP contribution in [0.4, 0.5) is 0 Å². The van der Waals surface area contributed by atoms with Crippen LogP contribution < -0.4 is 5.32 Å².